The van der Waals surface area contributed by atoms with E-state index in [0.29, 0.717) is 0 Å². The van der Waals surface area contributed by atoms with Gasteiger partial charge in [0.05, 0.1) is 0 Å². The van der Waals surface area contributed by atoms with Crippen molar-refractivity contribution in [2.75, 3.05) is 4.66 Å². The van der Waals surface area contributed by atoms with E-state index >= 15 is 0 Å². The van der Waals surface area contributed by atoms with Crippen molar-refractivity contribution in [3.63, 3.8) is 0 Å². The molecule has 0 spiro atoms. The zero-order chi connectivity index (χ0) is 8.91. The second-order valence-electron chi connectivity index (χ2n) is 2.36. The van der Waals surface area contributed by atoms with Crippen molar-refractivity contribution in [1.82, 2.24) is 4.72 Å². The van der Waals surface area contributed by atoms with Crippen LogP contribution in [-0.4, -0.2) is 19.1 Å². The number of hydrogen-bond acceptors (Lipinski definition) is 2. The molecule has 0 aromatic rings. The highest BCUT2D eigenvalue weighted by Gasteiger charge is 2.12. The molecular formula is C6H14BrNO2S. The Hall–Kier alpha value is 0.390. The first-order valence-electron chi connectivity index (χ1n) is 3.61. The normalized spacial score (nSPS) is 12.4. The van der Waals surface area contributed by atoms with Gasteiger partial charge in [-0.25, -0.2) is 13.1 Å². The van der Waals surface area contributed by atoms with Gasteiger partial charge in [0.25, 0.3) is 0 Å². The number of nitrogens with one attached hydrogen (secondary N) is 1. The fourth-order valence-corrected chi connectivity index (χ4v) is 2.04. The summed E-state index contributed by atoms with van der Waals surface area (Å²) in [5.41, 5.74) is 0. The number of rotatable bonds is 5. The summed E-state index contributed by atoms with van der Waals surface area (Å²) in [4.78, 5) is 0. The maximum Gasteiger partial charge on any atom is 0.221 e. The molecule has 0 saturated carbocycles. The van der Waals surface area contributed by atoms with Crippen LogP contribution in [0.25, 0.3) is 0 Å². The SMILES string of the molecule is CCC(CC)NS(=O)(=O)CBr. The van der Waals surface area contributed by atoms with Crippen LogP contribution in [0.4, 0.5) is 0 Å². The second kappa shape index (κ2) is 5.11. The molecule has 0 heterocycles. The van der Waals surface area contributed by atoms with Crippen LogP contribution in [0, 0.1) is 0 Å². The Morgan fingerprint density at radius 3 is 2.09 bits per heavy atom. The van der Waals surface area contributed by atoms with Crippen LogP contribution in [0.1, 0.15) is 26.7 Å². The molecule has 0 radical (unpaired) electrons. The summed E-state index contributed by atoms with van der Waals surface area (Å²) in [6.45, 7) is 3.93. The summed E-state index contributed by atoms with van der Waals surface area (Å²) < 4.78 is 24.5. The molecule has 0 aromatic carbocycles. The highest BCUT2D eigenvalue weighted by Crippen LogP contribution is 2.00. The largest absolute Gasteiger partial charge is 0.221 e. The molecular weight excluding hydrogens is 230 g/mol. The minimum atomic E-state index is -3.08. The highest BCUT2D eigenvalue weighted by molar-refractivity contribution is 9.10. The first kappa shape index (κ1) is 11.4. The summed E-state index contributed by atoms with van der Waals surface area (Å²) in [6.07, 6.45) is 1.67. The van der Waals surface area contributed by atoms with Crippen molar-refractivity contribution in [2.24, 2.45) is 0 Å². The lowest BCUT2D eigenvalue weighted by atomic mass is 10.2. The molecule has 0 atom stereocenters. The molecule has 0 aliphatic carbocycles. The van der Waals surface area contributed by atoms with Crippen LogP contribution in [0.3, 0.4) is 0 Å². The Morgan fingerprint density at radius 1 is 1.36 bits per heavy atom. The van der Waals surface area contributed by atoms with Gasteiger partial charge in [-0.1, -0.05) is 29.8 Å². The zero-order valence-corrected chi connectivity index (χ0v) is 9.20. The third-order valence-electron chi connectivity index (χ3n) is 1.48. The fraction of sp³-hybridized carbons (Fsp3) is 1.00. The minimum absolute atomic E-state index is 0.0174. The zero-order valence-electron chi connectivity index (χ0n) is 6.80. The predicted molar refractivity (Wildman–Crippen MR) is 50.2 cm³/mol. The molecule has 68 valence electrons. The van der Waals surface area contributed by atoms with Crippen LogP contribution in [0.5, 0.6) is 0 Å². The first-order chi connectivity index (χ1) is 5.05. The summed E-state index contributed by atoms with van der Waals surface area (Å²) in [5, 5.41) is 0. The topological polar surface area (TPSA) is 46.2 Å². The lowest BCUT2D eigenvalue weighted by molar-refractivity contribution is 0.534. The van der Waals surface area contributed by atoms with Crippen LogP contribution in [0.2, 0.25) is 0 Å². The van der Waals surface area contributed by atoms with Crippen LogP contribution in [-0.2, 0) is 10.0 Å². The van der Waals surface area contributed by atoms with Crippen molar-refractivity contribution in [1.29, 1.82) is 0 Å². The maximum absolute atomic E-state index is 11.0. The number of sulfonamides is 1. The summed E-state index contributed by atoms with van der Waals surface area (Å²) in [5.74, 6) is 0. The Balaban J connectivity index is 4.01. The highest BCUT2D eigenvalue weighted by atomic mass is 79.9. The Labute approximate surface area is 76.7 Å². The van der Waals surface area contributed by atoms with Gasteiger partial charge in [0.15, 0.2) is 0 Å². The van der Waals surface area contributed by atoms with Crippen molar-refractivity contribution in [2.45, 2.75) is 32.7 Å². The van der Waals surface area contributed by atoms with Gasteiger partial charge >= 0.3 is 0 Å². The number of halogens is 1. The van der Waals surface area contributed by atoms with Crippen molar-refractivity contribution >= 4 is 26.0 Å². The van der Waals surface area contributed by atoms with Crippen LogP contribution in [0.15, 0.2) is 0 Å². The molecule has 5 heteroatoms. The fourth-order valence-electron chi connectivity index (χ4n) is 0.741. The molecule has 11 heavy (non-hydrogen) atoms. The quantitative estimate of drug-likeness (QED) is 0.744. The molecule has 0 amide bonds. The molecule has 0 saturated heterocycles. The first-order valence-corrected chi connectivity index (χ1v) is 6.39. The van der Waals surface area contributed by atoms with Crippen molar-refractivity contribution in [3.05, 3.63) is 0 Å². The van der Waals surface area contributed by atoms with E-state index in [-0.39, 0.29) is 10.7 Å². The maximum atomic E-state index is 11.0. The van der Waals surface area contributed by atoms with Gasteiger partial charge in [-0.3, -0.25) is 0 Å². The van der Waals surface area contributed by atoms with Gasteiger partial charge in [0, 0.05) is 6.04 Å². The number of alkyl halides is 1. The van der Waals surface area contributed by atoms with Gasteiger partial charge in [-0.2, -0.15) is 0 Å². The van der Waals surface area contributed by atoms with Crippen LogP contribution >= 0.6 is 15.9 Å². The average molecular weight is 244 g/mol. The molecule has 0 aliphatic heterocycles. The van der Waals surface area contributed by atoms with E-state index in [1.54, 1.807) is 0 Å². The summed E-state index contributed by atoms with van der Waals surface area (Å²) in [7, 11) is -3.08. The number of hydrogen-bond donors (Lipinski definition) is 1. The molecule has 0 rings (SSSR count). The lowest BCUT2D eigenvalue weighted by Crippen LogP contribution is -2.34. The summed E-state index contributed by atoms with van der Waals surface area (Å²) >= 11 is 2.91. The molecule has 0 aromatic heterocycles. The molecule has 0 bridgehead atoms. The Morgan fingerprint density at radius 2 is 1.82 bits per heavy atom. The average Bonchev–Trinajstić information content (AvgIpc) is 2.00. The second-order valence-corrected chi connectivity index (χ2v) is 5.41. The third kappa shape index (κ3) is 4.76. The molecule has 0 aliphatic rings. The van der Waals surface area contributed by atoms with Crippen molar-refractivity contribution < 1.29 is 8.42 Å². The van der Waals surface area contributed by atoms with E-state index < -0.39 is 10.0 Å². The van der Waals surface area contributed by atoms with E-state index in [2.05, 4.69) is 20.7 Å². The standard InChI is InChI=1S/C6H14BrNO2S/c1-3-6(4-2)8-11(9,10)5-7/h6,8H,3-5H2,1-2H3. The molecule has 3 nitrogen and oxygen atoms in total. The van der Waals surface area contributed by atoms with Gasteiger partial charge in [0.2, 0.25) is 10.0 Å². The van der Waals surface area contributed by atoms with E-state index in [9.17, 15) is 8.42 Å². The van der Waals surface area contributed by atoms with Gasteiger partial charge in [-0.05, 0) is 12.8 Å². The lowest BCUT2D eigenvalue weighted by Gasteiger charge is -2.12. The van der Waals surface area contributed by atoms with E-state index in [1.807, 2.05) is 13.8 Å². The minimum Gasteiger partial charge on any atom is -0.212 e. The van der Waals surface area contributed by atoms with Gasteiger partial charge in [0.1, 0.15) is 4.66 Å². The van der Waals surface area contributed by atoms with Gasteiger partial charge < -0.3 is 0 Å². The van der Waals surface area contributed by atoms with Crippen molar-refractivity contribution in [3.8, 4) is 0 Å². The third-order valence-corrected chi connectivity index (χ3v) is 4.26. The Bertz CT molecular complexity index is 187. The molecule has 0 unspecified atom stereocenters. The van der Waals surface area contributed by atoms with E-state index in [1.165, 1.54) is 0 Å². The van der Waals surface area contributed by atoms with E-state index in [4.69, 9.17) is 0 Å². The monoisotopic (exact) mass is 243 g/mol. The van der Waals surface area contributed by atoms with Crippen LogP contribution < -0.4 is 4.72 Å². The predicted octanol–water partition coefficient (Wildman–Crippen LogP) is 1.45. The van der Waals surface area contributed by atoms with Gasteiger partial charge in [-0.15, -0.1) is 0 Å². The summed E-state index contributed by atoms with van der Waals surface area (Å²) in [6, 6.07) is 0.0811. The Kier molecular flexibility index (Phi) is 5.29. The molecule has 1 N–H and O–H groups in total. The smallest absolute Gasteiger partial charge is 0.212 e. The van der Waals surface area contributed by atoms with E-state index in [0.717, 1.165) is 12.8 Å². The molecule has 0 fully saturated rings.